The molecule has 0 radical (unpaired) electrons. The van der Waals surface area contributed by atoms with E-state index in [0.717, 1.165) is 0 Å². The van der Waals surface area contributed by atoms with E-state index in [0.29, 0.717) is 5.56 Å². The minimum absolute atomic E-state index is 0.0693. The van der Waals surface area contributed by atoms with Gasteiger partial charge in [-0.3, -0.25) is 39.5 Å². The molecule has 0 spiro atoms. The molecule has 4 amide bonds. The molecule has 9 nitrogen and oxygen atoms in total. The maximum atomic E-state index is 13.1. The first-order chi connectivity index (χ1) is 13.5. The molecule has 25 heavy (non-hydrogen) atoms. The Hall–Kier alpha value is -3.10. The summed E-state index contributed by atoms with van der Waals surface area (Å²) in [7, 11) is 0. The van der Waals surface area contributed by atoms with Gasteiger partial charge in [0.2, 0.25) is 11.8 Å². The molecule has 130 valence electrons. The van der Waals surface area contributed by atoms with E-state index >= 15 is 0 Å². The number of hydrogen-bond acceptors (Lipinski definition) is 6. The van der Waals surface area contributed by atoms with Crippen LogP contribution < -0.4 is 5.32 Å². The van der Waals surface area contributed by atoms with Crippen molar-refractivity contribution >= 4 is 29.3 Å². The largest absolute Gasteiger partial charge is 0.295 e. The minimum atomic E-state index is -3.67. The number of rotatable bonds is 2. The van der Waals surface area contributed by atoms with Gasteiger partial charge in [-0.15, -0.1) is 0 Å². The molecule has 1 aromatic carbocycles. The molecule has 3 rings (SSSR count). The lowest BCUT2D eigenvalue weighted by molar-refractivity contribution is -0.385. The molecule has 1 aromatic rings. The van der Waals surface area contributed by atoms with Gasteiger partial charge in [0.15, 0.2) is 0 Å². The highest BCUT2D eigenvalue weighted by Crippen LogP contribution is 2.39. The van der Waals surface area contributed by atoms with Crippen LogP contribution in [0.4, 0.5) is 5.69 Å². The van der Waals surface area contributed by atoms with Crippen LogP contribution in [-0.4, -0.2) is 39.5 Å². The zero-order valence-corrected chi connectivity index (χ0v) is 13.3. The van der Waals surface area contributed by atoms with Crippen molar-refractivity contribution in [2.75, 3.05) is 0 Å². The van der Waals surface area contributed by atoms with Crippen molar-refractivity contribution in [3.63, 3.8) is 0 Å². The fourth-order valence-corrected chi connectivity index (χ4v) is 2.89. The van der Waals surface area contributed by atoms with E-state index in [-0.39, 0.29) is 16.0 Å². The standard InChI is InChI=1S/C16H15N3O6/c1-6-7(2)11-12(13(8(6)3)19(24)25)16(23)18(15(11)22)9-4-5-10(20)17-14(9)21/h9H,4-5H2,1-3H3,(H,17,20,21)/t9-/m0/s1/i4D2,5D2,9D. The van der Waals surface area contributed by atoms with Crippen molar-refractivity contribution in [2.45, 2.75) is 39.5 Å². The predicted octanol–water partition coefficient (Wildman–Crippen LogP) is 0.921. The number of benzene rings is 1. The van der Waals surface area contributed by atoms with E-state index in [1.165, 1.54) is 26.1 Å². The Labute approximate surface area is 149 Å². The Morgan fingerprint density at radius 3 is 2.32 bits per heavy atom. The number of hydrogen-bond donors (Lipinski definition) is 1. The van der Waals surface area contributed by atoms with Gasteiger partial charge in [0.1, 0.15) is 11.6 Å². The second-order valence-electron chi connectivity index (χ2n) is 5.56. The minimum Gasteiger partial charge on any atom is -0.295 e. The number of carbonyl (C=O) groups is 4. The average molecular weight is 350 g/mol. The molecule has 0 aliphatic carbocycles. The molecular formula is C16H15N3O6. The molecule has 0 saturated carbocycles. The molecular weight excluding hydrogens is 330 g/mol. The van der Waals surface area contributed by atoms with Crippen LogP contribution in [-0.2, 0) is 9.59 Å². The smallest absolute Gasteiger partial charge is 0.286 e. The van der Waals surface area contributed by atoms with Gasteiger partial charge >= 0.3 is 0 Å². The summed E-state index contributed by atoms with van der Waals surface area (Å²) in [6.45, 7) is 4.22. The van der Waals surface area contributed by atoms with E-state index in [9.17, 15) is 29.3 Å². The van der Waals surface area contributed by atoms with Gasteiger partial charge in [0.05, 0.1) is 11.9 Å². The van der Waals surface area contributed by atoms with E-state index in [2.05, 4.69) is 0 Å². The maximum Gasteiger partial charge on any atom is 0.286 e. The van der Waals surface area contributed by atoms with Crippen LogP contribution in [0.3, 0.4) is 0 Å². The summed E-state index contributed by atoms with van der Waals surface area (Å²) in [5.41, 5.74) is -1.37. The van der Waals surface area contributed by atoms with Gasteiger partial charge in [-0.25, -0.2) is 0 Å². The highest BCUT2D eigenvalue weighted by molar-refractivity contribution is 6.26. The number of carbonyl (C=O) groups excluding carboxylic acids is 4. The number of nitrogens with zero attached hydrogens (tertiary/aromatic N) is 2. The Balaban J connectivity index is 2.36. The third kappa shape index (κ3) is 2.23. The Morgan fingerprint density at radius 1 is 1.12 bits per heavy atom. The fourth-order valence-electron chi connectivity index (χ4n) is 2.89. The SMILES string of the molecule is [2H]C1([2H])C(=O)NC(=O)[C@@]([2H])(N2C(=O)c3c(C)c(C)c(C)c([N+](=O)[O-])c3C2=O)C1([2H])[2H]. The van der Waals surface area contributed by atoms with Gasteiger partial charge in [-0.05, 0) is 38.3 Å². The summed E-state index contributed by atoms with van der Waals surface area (Å²) in [5, 5.41) is 13.1. The molecule has 1 atom stereocenters. The van der Waals surface area contributed by atoms with E-state index in [1.807, 2.05) is 0 Å². The predicted molar refractivity (Wildman–Crippen MR) is 84.0 cm³/mol. The van der Waals surface area contributed by atoms with Crippen molar-refractivity contribution in [3.8, 4) is 0 Å². The number of imide groups is 2. The molecule has 1 fully saturated rings. The van der Waals surface area contributed by atoms with Gasteiger partial charge in [0.25, 0.3) is 17.5 Å². The summed E-state index contributed by atoms with van der Waals surface area (Å²) >= 11 is 0. The summed E-state index contributed by atoms with van der Waals surface area (Å²) in [6.07, 6.45) is -7.13. The van der Waals surface area contributed by atoms with E-state index in [1.54, 1.807) is 0 Å². The van der Waals surface area contributed by atoms with Crippen molar-refractivity contribution in [3.05, 3.63) is 37.9 Å². The summed E-state index contributed by atoms with van der Waals surface area (Å²) in [5.74, 6) is -6.27. The number of amides is 4. The van der Waals surface area contributed by atoms with Gasteiger partial charge in [-0.2, -0.15) is 0 Å². The van der Waals surface area contributed by atoms with Gasteiger partial charge in [0, 0.05) is 17.4 Å². The lowest BCUT2D eigenvalue weighted by atomic mass is 9.93. The number of nitrogens with one attached hydrogen (secondary N) is 1. The summed E-state index contributed by atoms with van der Waals surface area (Å²) in [4.78, 5) is 61.1. The highest BCUT2D eigenvalue weighted by Gasteiger charge is 2.49. The van der Waals surface area contributed by atoms with Crippen LogP contribution >= 0.6 is 0 Å². The quantitative estimate of drug-likeness (QED) is 0.480. The van der Waals surface area contributed by atoms with Gasteiger partial charge < -0.3 is 0 Å². The number of nitro groups is 1. The lowest BCUT2D eigenvalue weighted by Gasteiger charge is -2.27. The highest BCUT2D eigenvalue weighted by atomic mass is 16.6. The lowest BCUT2D eigenvalue weighted by Crippen LogP contribution is -2.54. The first-order valence-electron chi connectivity index (χ1n) is 9.58. The summed E-state index contributed by atoms with van der Waals surface area (Å²) < 4.78 is 39.8. The fraction of sp³-hybridized carbons (Fsp3) is 0.375. The van der Waals surface area contributed by atoms with Crippen LogP contribution in [0.15, 0.2) is 0 Å². The third-order valence-corrected chi connectivity index (χ3v) is 4.32. The Bertz CT molecular complexity index is 1100. The van der Waals surface area contributed by atoms with Crippen LogP contribution in [0, 0.1) is 30.9 Å². The first-order valence-corrected chi connectivity index (χ1v) is 7.08. The van der Waals surface area contributed by atoms with Gasteiger partial charge in [-0.1, -0.05) is 0 Å². The number of piperidine rings is 1. The Morgan fingerprint density at radius 2 is 1.72 bits per heavy atom. The molecule has 2 aliphatic heterocycles. The Kier molecular flexibility index (Phi) is 2.51. The van der Waals surface area contributed by atoms with Crippen molar-refractivity contribution < 1.29 is 31.0 Å². The van der Waals surface area contributed by atoms with Crippen molar-refractivity contribution in [1.29, 1.82) is 0 Å². The zero-order chi connectivity index (χ0) is 23.1. The number of fused-ring (bicyclic) bond motifs is 1. The van der Waals surface area contributed by atoms with Crippen molar-refractivity contribution in [1.82, 2.24) is 10.2 Å². The average Bonchev–Trinajstić information content (AvgIpc) is 2.88. The molecule has 1 N–H and O–H groups in total. The molecule has 1 saturated heterocycles. The van der Waals surface area contributed by atoms with Crippen molar-refractivity contribution in [2.24, 2.45) is 0 Å². The molecule has 2 heterocycles. The van der Waals surface area contributed by atoms with Crippen LogP contribution in [0.1, 0.15) is 57.0 Å². The van der Waals surface area contributed by atoms with Crippen LogP contribution in [0.5, 0.6) is 0 Å². The molecule has 0 aromatic heterocycles. The monoisotopic (exact) mass is 350 g/mol. The molecule has 0 unspecified atom stereocenters. The topological polar surface area (TPSA) is 127 Å². The first kappa shape index (κ1) is 11.5. The third-order valence-electron chi connectivity index (χ3n) is 4.32. The number of nitro benzene ring substituents is 1. The van der Waals surface area contributed by atoms with Crippen LogP contribution in [0.2, 0.25) is 0 Å². The van der Waals surface area contributed by atoms with E-state index < -0.39 is 64.1 Å². The second kappa shape index (κ2) is 5.47. The molecule has 9 heteroatoms. The van der Waals surface area contributed by atoms with E-state index in [4.69, 9.17) is 6.85 Å². The normalized spacial score (nSPS) is 29.9. The summed E-state index contributed by atoms with van der Waals surface area (Å²) in [6, 6.07) is -3.54. The molecule has 0 bridgehead atoms. The maximum absolute atomic E-state index is 13.1. The second-order valence-corrected chi connectivity index (χ2v) is 5.56. The molecule has 2 aliphatic rings. The van der Waals surface area contributed by atoms with Crippen LogP contribution in [0.25, 0.3) is 0 Å². The zero-order valence-electron chi connectivity index (χ0n) is 18.3.